The Morgan fingerprint density at radius 2 is 1.81 bits per heavy atom. The van der Waals surface area contributed by atoms with Gasteiger partial charge in [-0.25, -0.2) is 14.6 Å². The van der Waals surface area contributed by atoms with Crippen molar-refractivity contribution in [3.63, 3.8) is 0 Å². The number of rotatable bonds is 5. The van der Waals surface area contributed by atoms with Crippen molar-refractivity contribution in [1.29, 1.82) is 0 Å². The molecule has 0 radical (unpaired) electrons. The molecular formula is C25H24N6O. The van der Waals surface area contributed by atoms with Crippen molar-refractivity contribution in [1.82, 2.24) is 25.0 Å². The summed E-state index contributed by atoms with van der Waals surface area (Å²) in [7, 11) is 0. The summed E-state index contributed by atoms with van der Waals surface area (Å²) in [5.74, 6) is 1.76. The van der Waals surface area contributed by atoms with Crippen LogP contribution in [0.3, 0.4) is 0 Å². The van der Waals surface area contributed by atoms with Gasteiger partial charge in [0.25, 0.3) is 0 Å². The third-order valence-corrected chi connectivity index (χ3v) is 5.81. The maximum atomic E-state index is 12.8. The minimum atomic E-state index is 0.0415. The standard InChI is InChI=1S/C25H24N6O/c1-16(2)21-6-4-5-7-22(21)24-26-14-19-12-23(32)30(25(19)28-24)15-18-8-10-20(11-9-18)31-17(3)13-27-29-31/h4-11,13-14,16H,12,15H2,1-3H3. The highest BCUT2D eigenvalue weighted by Crippen LogP contribution is 2.32. The van der Waals surface area contributed by atoms with E-state index in [9.17, 15) is 4.79 Å². The van der Waals surface area contributed by atoms with Crippen LogP contribution in [0.1, 0.15) is 42.1 Å². The first-order valence-electron chi connectivity index (χ1n) is 10.7. The first-order chi connectivity index (χ1) is 15.5. The fourth-order valence-electron chi connectivity index (χ4n) is 4.10. The predicted molar refractivity (Wildman–Crippen MR) is 123 cm³/mol. The highest BCUT2D eigenvalue weighted by Gasteiger charge is 2.30. The molecule has 1 aliphatic heterocycles. The molecule has 0 saturated heterocycles. The van der Waals surface area contributed by atoms with Gasteiger partial charge in [0.2, 0.25) is 5.91 Å². The number of benzene rings is 2. The first kappa shape index (κ1) is 20.1. The summed E-state index contributed by atoms with van der Waals surface area (Å²) in [5, 5.41) is 8.04. The molecule has 160 valence electrons. The summed E-state index contributed by atoms with van der Waals surface area (Å²) in [6, 6.07) is 16.2. The first-order valence-corrected chi connectivity index (χ1v) is 10.7. The van der Waals surface area contributed by atoms with Gasteiger partial charge < -0.3 is 0 Å². The minimum Gasteiger partial charge on any atom is -0.292 e. The van der Waals surface area contributed by atoms with E-state index in [1.807, 2.05) is 49.4 Å². The Morgan fingerprint density at radius 1 is 1.03 bits per heavy atom. The molecule has 0 saturated carbocycles. The van der Waals surface area contributed by atoms with E-state index in [1.165, 1.54) is 5.56 Å². The van der Waals surface area contributed by atoms with Crippen LogP contribution in [-0.4, -0.2) is 30.9 Å². The van der Waals surface area contributed by atoms with Crippen molar-refractivity contribution in [2.45, 2.75) is 39.7 Å². The van der Waals surface area contributed by atoms with E-state index in [-0.39, 0.29) is 5.91 Å². The second kappa shape index (κ2) is 8.00. The third-order valence-electron chi connectivity index (χ3n) is 5.81. The lowest BCUT2D eigenvalue weighted by Gasteiger charge is -2.18. The van der Waals surface area contributed by atoms with E-state index in [1.54, 1.807) is 22.0 Å². The number of anilines is 1. The molecule has 4 aromatic rings. The summed E-state index contributed by atoms with van der Waals surface area (Å²) in [6.45, 7) is 6.74. The van der Waals surface area contributed by atoms with Crippen molar-refractivity contribution < 1.29 is 4.79 Å². The molecule has 0 N–H and O–H groups in total. The topological polar surface area (TPSA) is 76.8 Å². The SMILES string of the molecule is Cc1cnnn1-c1ccc(CN2C(=O)Cc3cnc(-c4ccccc4C(C)C)nc32)cc1. The lowest BCUT2D eigenvalue weighted by molar-refractivity contribution is -0.117. The van der Waals surface area contributed by atoms with Gasteiger partial charge in [0.15, 0.2) is 5.82 Å². The third kappa shape index (κ3) is 3.56. The number of nitrogens with zero attached hydrogens (tertiary/aromatic N) is 6. The molecule has 0 bridgehead atoms. The van der Waals surface area contributed by atoms with E-state index in [0.717, 1.165) is 28.1 Å². The molecule has 0 aliphatic carbocycles. The molecule has 2 aromatic heterocycles. The van der Waals surface area contributed by atoms with Crippen LogP contribution in [0, 0.1) is 6.92 Å². The van der Waals surface area contributed by atoms with Crippen LogP contribution in [0.2, 0.25) is 0 Å². The second-order valence-corrected chi connectivity index (χ2v) is 8.39. The molecule has 0 unspecified atom stereocenters. The number of aryl methyl sites for hydroxylation is 1. The van der Waals surface area contributed by atoms with Crippen LogP contribution >= 0.6 is 0 Å². The summed E-state index contributed by atoms with van der Waals surface area (Å²) in [6.07, 6.45) is 3.85. The molecule has 1 amide bonds. The molecule has 2 aromatic carbocycles. The molecule has 0 fully saturated rings. The summed E-state index contributed by atoms with van der Waals surface area (Å²) in [5.41, 5.74) is 6.00. The van der Waals surface area contributed by atoms with Gasteiger partial charge in [0, 0.05) is 17.3 Å². The number of carbonyl (C=O) groups excluding carboxylic acids is 1. The Balaban J connectivity index is 1.45. The predicted octanol–water partition coefficient (Wildman–Crippen LogP) is 4.25. The average molecular weight is 425 g/mol. The molecule has 7 nitrogen and oxygen atoms in total. The summed E-state index contributed by atoms with van der Waals surface area (Å²) < 4.78 is 1.78. The van der Waals surface area contributed by atoms with Gasteiger partial charge in [0.05, 0.1) is 30.5 Å². The van der Waals surface area contributed by atoms with Gasteiger partial charge in [-0.1, -0.05) is 55.5 Å². The number of aromatic nitrogens is 5. The number of fused-ring (bicyclic) bond motifs is 1. The number of carbonyl (C=O) groups is 1. The molecular weight excluding hydrogens is 400 g/mol. The second-order valence-electron chi connectivity index (χ2n) is 8.39. The molecule has 1 aliphatic rings. The number of hydrogen-bond acceptors (Lipinski definition) is 5. The largest absolute Gasteiger partial charge is 0.292 e. The van der Waals surface area contributed by atoms with Gasteiger partial charge in [-0.15, -0.1) is 5.10 Å². The zero-order chi connectivity index (χ0) is 22.2. The molecule has 5 rings (SSSR count). The van der Waals surface area contributed by atoms with Crippen LogP contribution in [0.5, 0.6) is 0 Å². The van der Waals surface area contributed by atoms with Crippen molar-refractivity contribution in [3.8, 4) is 17.1 Å². The minimum absolute atomic E-state index is 0.0415. The Hall–Kier alpha value is -3.87. The Morgan fingerprint density at radius 3 is 2.53 bits per heavy atom. The monoisotopic (exact) mass is 424 g/mol. The van der Waals surface area contributed by atoms with E-state index in [2.05, 4.69) is 35.2 Å². The maximum Gasteiger partial charge on any atom is 0.233 e. The number of hydrogen-bond donors (Lipinski definition) is 0. The smallest absolute Gasteiger partial charge is 0.233 e. The molecule has 0 atom stereocenters. The van der Waals surface area contributed by atoms with Crippen molar-refractivity contribution in [3.05, 3.63) is 83.3 Å². The van der Waals surface area contributed by atoms with Gasteiger partial charge in [-0.05, 0) is 36.1 Å². The van der Waals surface area contributed by atoms with Crippen LogP contribution in [0.15, 0.2) is 60.9 Å². The number of amides is 1. The fourth-order valence-corrected chi connectivity index (χ4v) is 4.10. The quantitative estimate of drug-likeness (QED) is 0.479. The Labute approximate surface area is 186 Å². The zero-order valence-corrected chi connectivity index (χ0v) is 18.4. The summed E-state index contributed by atoms with van der Waals surface area (Å²) >= 11 is 0. The Kier molecular flexibility index (Phi) is 5.01. The molecule has 0 spiro atoms. The highest BCUT2D eigenvalue weighted by atomic mass is 16.2. The molecule has 3 heterocycles. The van der Waals surface area contributed by atoms with E-state index in [4.69, 9.17) is 4.98 Å². The maximum absolute atomic E-state index is 12.8. The average Bonchev–Trinajstić information content (AvgIpc) is 3.36. The normalized spacial score (nSPS) is 13.1. The van der Waals surface area contributed by atoms with Gasteiger partial charge in [-0.3, -0.25) is 9.69 Å². The van der Waals surface area contributed by atoms with Crippen LogP contribution in [0.25, 0.3) is 17.1 Å². The van der Waals surface area contributed by atoms with Crippen LogP contribution in [-0.2, 0) is 17.8 Å². The van der Waals surface area contributed by atoms with E-state index in [0.29, 0.717) is 30.5 Å². The van der Waals surface area contributed by atoms with Crippen molar-refractivity contribution in [2.24, 2.45) is 0 Å². The van der Waals surface area contributed by atoms with Crippen molar-refractivity contribution >= 4 is 11.7 Å². The summed E-state index contributed by atoms with van der Waals surface area (Å²) in [4.78, 5) is 24.0. The molecule has 32 heavy (non-hydrogen) atoms. The fraction of sp³-hybridized carbons (Fsp3) is 0.240. The van der Waals surface area contributed by atoms with Gasteiger partial charge in [-0.2, -0.15) is 0 Å². The van der Waals surface area contributed by atoms with Crippen LogP contribution < -0.4 is 4.90 Å². The Bertz CT molecular complexity index is 1290. The van der Waals surface area contributed by atoms with Gasteiger partial charge >= 0.3 is 0 Å². The zero-order valence-electron chi connectivity index (χ0n) is 18.4. The van der Waals surface area contributed by atoms with Crippen molar-refractivity contribution in [2.75, 3.05) is 4.90 Å². The van der Waals surface area contributed by atoms with E-state index >= 15 is 0 Å². The van der Waals surface area contributed by atoms with Crippen LogP contribution in [0.4, 0.5) is 5.82 Å². The van der Waals surface area contributed by atoms with Gasteiger partial charge in [0.1, 0.15) is 5.82 Å². The highest BCUT2D eigenvalue weighted by molar-refractivity contribution is 6.00. The lowest BCUT2D eigenvalue weighted by atomic mass is 9.97. The van der Waals surface area contributed by atoms with E-state index < -0.39 is 0 Å². The molecule has 7 heteroatoms. The lowest BCUT2D eigenvalue weighted by Crippen LogP contribution is -2.26.